The van der Waals surface area contributed by atoms with E-state index in [4.69, 9.17) is 21.7 Å². The summed E-state index contributed by atoms with van der Waals surface area (Å²) in [7, 11) is -3.61. The number of aryl methyl sites for hydroxylation is 1. The van der Waals surface area contributed by atoms with Crippen molar-refractivity contribution in [3.05, 3.63) is 52.3 Å². The van der Waals surface area contributed by atoms with Gasteiger partial charge in [-0.1, -0.05) is 11.6 Å². The van der Waals surface area contributed by atoms with Crippen LogP contribution in [0.3, 0.4) is 0 Å². The summed E-state index contributed by atoms with van der Waals surface area (Å²) in [6.07, 6.45) is 3.64. The van der Waals surface area contributed by atoms with Gasteiger partial charge in [-0.05, 0) is 44.4 Å². The molecule has 1 aromatic carbocycles. The third-order valence-electron chi connectivity index (χ3n) is 6.80. The van der Waals surface area contributed by atoms with E-state index in [9.17, 15) is 23.4 Å². The lowest BCUT2D eigenvalue weighted by Crippen LogP contribution is -2.39. The van der Waals surface area contributed by atoms with Crippen molar-refractivity contribution in [2.45, 2.75) is 44.4 Å². The summed E-state index contributed by atoms with van der Waals surface area (Å²) in [5, 5.41) is 25.0. The van der Waals surface area contributed by atoms with Crippen molar-refractivity contribution in [1.29, 1.82) is 0 Å². The molecule has 2 aromatic heterocycles. The number of β-amino-alcohol motifs (C(OH)–C–C–N with tert-alkyl or cyclic N) is 2. The fourth-order valence-corrected chi connectivity index (χ4v) is 5.81. The highest BCUT2D eigenvalue weighted by Gasteiger charge is 2.34. The average molecular weight is 549 g/mol. The van der Waals surface area contributed by atoms with Gasteiger partial charge in [0.25, 0.3) is 5.91 Å². The minimum absolute atomic E-state index is 0.174. The molecule has 2 aliphatic rings. The molecule has 0 unspecified atom stereocenters. The van der Waals surface area contributed by atoms with Gasteiger partial charge in [0.1, 0.15) is 5.82 Å². The van der Waals surface area contributed by atoms with Gasteiger partial charge in [0.05, 0.1) is 41.5 Å². The van der Waals surface area contributed by atoms with Crippen LogP contribution < -0.4 is 9.62 Å². The number of aliphatic hydroxyl groups excluding tert-OH is 2. The molecule has 11 nitrogen and oxygen atoms in total. The van der Waals surface area contributed by atoms with E-state index in [1.54, 1.807) is 9.42 Å². The number of carbonyl (C=O) groups is 1. The molecule has 0 radical (unpaired) electrons. The molecule has 198 valence electrons. The van der Waals surface area contributed by atoms with Gasteiger partial charge in [-0.15, -0.1) is 0 Å². The average Bonchev–Trinajstić information content (AvgIpc) is 3.40. The van der Waals surface area contributed by atoms with Crippen LogP contribution in [0.4, 0.5) is 11.5 Å². The summed E-state index contributed by atoms with van der Waals surface area (Å²) in [6.45, 7) is 2.97. The van der Waals surface area contributed by atoms with Crippen LogP contribution >= 0.6 is 11.6 Å². The Morgan fingerprint density at radius 3 is 2.59 bits per heavy atom. The third kappa shape index (κ3) is 5.24. The molecule has 1 amide bonds. The van der Waals surface area contributed by atoms with Gasteiger partial charge in [0.2, 0.25) is 10.0 Å². The van der Waals surface area contributed by atoms with Gasteiger partial charge in [0, 0.05) is 42.5 Å². The van der Waals surface area contributed by atoms with E-state index < -0.39 is 22.2 Å². The number of benzene rings is 1. The first kappa shape index (κ1) is 25.7. The molecule has 2 aliphatic heterocycles. The van der Waals surface area contributed by atoms with E-state index in [0.29, 0.717) is 48.2 Å². The minimum atomic E-state index is -3.61. The first-order valence-corrected chi connectivity index (χ1v) is 14.3. The maximum absolute atomic E-state index is 13.7. The van der Waals surface area contributed by atoms with Crippen LogP contribution in [0.2, 0.25) is 5.02 Å². The predicted octanol–water partition coefficient (Wildman–Crippen LogP) is 1.97. The number of hydrogen-bond acceptors (Lipinski definition) is 8. The fraction of sp³-hybridized carbons (Fsp3) is 0.458. The lowest BCUT2D eigenvalue weighted by atomic mass is 9.98. The molecule has 5 rings (SSSR count). The Bertz CT molecular complexity index is 1450. The molecule has 0 aliphatic carbocycles. The van der Waals surface area contributed by atoms with Crippen molar-refractivity contribution in [3.8, 4) is 0 Å². The molecule has 4 heterocycles. The summed E-state index contributed by atoms with van der Waals surface area (Å²) in [6, 6.07) is 6.01. The molecule has 3 N–H and O–H groups in total. The summed E-state index contributed by atoms with van der Waals surface area (Å²) in [5.74, 6) is 0.335. The second-order valence-electron chi connectivity index (χ2n) is 9.73. The van der Waals surface area contributed by atoms with Gasteiger partial charge < -0.3 is 20.0 Å². The molecule has 2 saturated heterocycles. The molecule has 0 bridgehead atoms. The Hall–Kier alpha value is -2.93. The smallest absolute Gasteiger partial charge is 0.256 e. The number of anilines is 2. The molecule has 0 spiro atoms. The summed E-state index contributed by atoms with van der Waals surface area (Å²) in [4.78, 5) is 22.0. The molecule has 13 heteroatoms. The van der Waals surface area contributed by atoms with Gasteiger partial charge in [-0.2, -0.15) is 5.10 Å². The number of rotatable bonds is 5. The van der Waals surface area contributed by atoms with Crippen molar-refractivity contribution in [3.63, 3.8) is 0 Å². The molecule has 3 atom stereocenters. The number of hydrogen-bond donors (Lipinski definition) is 3. The van der Waals surface area contributed by atoms with E-state index >= 15 is 0 Å². The molecule has 2 fully saturated rings. The lowest BCUT2D eigenvalue weighted by molar-refractivity contribution is 0.0572. The zero-order valence-corrected chi connectivity index (χ0v) is 22.1. The van der Waals surface area contributed by atoms with Crippen molar-refractivity contribution < 1.29 is 23.4 Å². The van der Waals surface area contributed by atoms with Gasteiger partial charge in [0.15, 0.2) is 5.65 Å². The molecule has 3 aromatic rings. The third-order valence-corrected chi connectivity index (χ3v) is 7.62. The predicted molar refractivity (Wildman–Crippen MR) is 139 cm³/mol. The van der Waals surface area contributed by atoms with Crippen molar-refractivity contribution in [1.82, 2.24) is 19.5 Å². The first-order chi connectivity index (χ1) is 17.5. The number of nitrogens with zero attached hydrogens (tertiary/aromatic N) is 5. The number of fused-ring (bicyclic) bond motifs is 1. The van der Waals surface area contributed by atoms with Gasteiger partial charge in [-0.3, -0.25) is 9.52 Å². The number of likely N-dealkylation sites (tertiary alicyclic amines) is 1. The van der Waals surface area contributed by atoms with E-state index in [-0.39, 0.29) is 23.2 Å². The highest BCUT2D eigenvalue weighted by atomic mass is 35.5. The Balaban J connectivity index is 1.48. The van der Waals surface area contributed by atoms with E-state index in [2.05, 4.69) is 4.72 Å². The summed E-state index contributed by atoms with van der Waals surface area (Å²) >= 11 is 6.17. The molecule has 0 saturated carbocycles. The van der Waals surface area contributed by atoms with Crippen molar-refractivity contribution >= 4 is 44.7 Å². The van der Waals surface area contributed by atoms with Crippen molar-refractivity contribution in [2.24, 2.45) is 0 Å². The van der Waals surface area contributed by atoms with Gasteiger partial charge >= 0.3 is 0 Å². The number of piperidine rings is 1. The number of carbonyl (C=O) groups excluding carboxylic acids is 1. The summed E-state index contributed by atoms with van der Waals surface area (Å²) < 4.78 is 27.9. The van der Waals surface area contributed by atoms with E-state index in [1.165, 1.54) is 18.2 Å². The quantitative estimate of drug-likeness (QED) is 0.439. The zero-order chi connectivity index (χ0) is 26.5. The first-order valence-electron chi connectivity index (χ1n) is 12.1. The summed E-state index contributed by atoms with van der Waals surface area (Å²) in [5.41, 5.74) is 2.46. The van der Waals surface area contributed by atoms with E-state index in [1.807, 2.05) is 24.1 Å². The standard InChI is InChI=1S/C24H29ClN6O5S/c1-14-11-31-22(26-23(14)29-12-20(32)21(33)13-29)10-18(27-31)19-5-3-4-8-30(19)24(34)16-9-15(25)6-7-17(16)28-37(2,35)36/h6-7,9-11,19-21,28,32-33H,3-5,8,12-13H2,1-2H3/t19-,20-,21-/m0/s1. The molecule has 37 heavy (non-hydrogen) atoms. The Labute approximate surface area is 219 Å². The number of amides is 1. The van der Waals surface area contributed by atoms with Crippen LogP contribution in [-0.4, -0.2) is 82.1 Å². The van der Waals surface area contributed by atoms with Crippen LogP contribution in [0.15, 0.2) is 30.5 Å². The van der Waals surface area contributed by atoms with Crippen molar-refractivity contribution in [2.75, 3.05) is 35.5 Å². The number of sulfonamides is 1. The lowest BCUT2D eigenvalue weighted by Gasteiger charge is -2.35. The SMILES string of the molecule is Cc1cn2nc([C@@H]3CCCCN3C(=O)c3cc(Cl)ccc3NS(C)(=O)=O)cc2nc1N1C[C@H](O)[C@@H](O)C1. The van der Waals surface area contributed by atoms with Crippen LogP contribution in [0, 0.1) is 6.92 Å². The number of halogens is 1. The Morgan fingerprint density at radius 2 is 1.89 bits per heavy atom. The molecular formula is C24H29ClN6O5S. The van der Waals surface area contributed by atoms with Crippen LogP contribution in [0.25, 0.3) is 5.65 Å². The normalized spacial score (nSPS) is 22.6. The maximum Gasteiger partial charge on any atom is 0.256 e. The minimum Gasteiger partial charge on any atom is -0.389 e. The Kier molecular flexibility index (Phi) is 6.77. The van der Waals surface area contributed by atoms with E-state index in [0.717, 1.165) is 24.7 Å². The van der Waals surface area contributed by atoms with Crippen LogP contribution in [-0.2, 0) is 10.0 Å². The number of aromatic nitrogens is 3. The van der Waals surface area contributed by atoms with Crippen LogP contribution in [0.5, 0.6) is 0 Å². The van der Waals surface area contributed by atoms with Gasteiger partial charge in [-0.25, -0.2) is 17.9 Å². The highest BCUT2D eigenvalue weighted by molar-refractivity contribution is 7.92. The second kappa shape index (κ2) is 9.75. The number of aliphatic hydroxyl groups is 2. The maximum atomic E-state index is 13.7. The largest absolute Gasteiger partial charge is 0.389 e. The second-order valence-corrected chi connectivity index (χ2v) is 11.9. The zero-order valence-electron chi connectivity index (χ0n) is 20.5. The molecular weight excluding hydrogens is 520 g/mol. The van der Waals surface area contributed by atoms with Crippen LogP contribution in [0.1, 0.15) is 46.9 Å². The Morgan fingerprint density at radius 1 is 1.16 bits per heavy atom. The number of nitrogens with one attached hydrogen (secondary N) is 1. The fourth-order valence-electron chi connectivity index (χ4n) is 5.06. The topological polar surface area (TPSA) is 140 Å². The highest BCUT2D eigenvalue weighted by Crippen LogP contribution is 2.34. The monoisotopic (exact) mass is 548 g/mol.